The molecule has 1 atom stereocenters. The Balaban J connectivity index is 1.68. The van der Waals surface area contributed by atoms with Crippen LogP contribution in [0.3, 0.4) is 0 Å². The molecule has 0 saturated carbocycles. The fraction of sp³-hybridized carbons (Fsp3) is 0.250. The van der Waals surface area contributed by atoms with Crippen LogP contribution in [0.15, 0.2) is 67.5 Å². The van der Waals surface area contributed by atoms with Gasteiger partial charge >= 0.3 is 0 Å². The van der Waals surface area contributed by atoms with Crippen molar-refractivity contribution in [1.82, 2.24) is 9.97 Å². The highest BCUT2D eigenvalue weighted by Gasteiger charge is 2.04. The number of benzene rings is 2. The molecule has 1 unspecified atom stereocenters. The predicted octanol–water partition coefficient (Wildman–Crippen LogP) is 6.40. The third kappa shape index (κ3) is 5.49. The highest BCUT2D eigenvalue weighted by molar-refractivity contribution is 5.87. The molecule has 144 valence electrons. The molecule has 0 aliphatic heterocycles. The van der Waals surface area contributed by atoms with Crippen LogP contribution in [-0.4, -0.2) is 22.7 Å². The van der Waals surface area contributed by atoms with Crippen molar-refractivity contribution in [3.8, 4) is 17.1 Å². The zero-order chi connectivity index (χ0) is 19.8. The van der Waals surface area contributed by atoms with Crippen LogP contribution in [0, 0.1) is 0 Å². The maximum absolute atomic E-state index is 12.8. The molecule has 1 heterocycles. The molecule has 28 heavy (non-hydrogen) atoms. The van der Waals surface area contributed by atoms with E-state index in [1.807, 2.05) is 48.8 Å². The molecule has 0 N–H and O–H groups in total. The number of rotatable bonds is 9. The smallest absolute Gasteiger partial charge is 0.159 e. The Labute approximate surface area is 165 Å². The average molecular weight is 376 g/mol. The first-order valence-corrected chi connectivity index (χ1v) is 9.56. The van der Waals surface area contributed by atoms with Crippen molar-refractivity contribution in [2.75, 3.05) is 6.61 Å². The molecule has 4 heteroatoms. The third-order valence-electron chi connectivity index (χ3n) is 4.39. The number of aromatic nitrogens is 2. The first kappa shape index (κ1) is 19.7. The quantitative estimate of drug-likeness (QED) is 0.320. The SMILES string of the molecule is C=CCOc1ccc2cc(-c3ncc(/C=C/CCCC(C)F)cn3)ccc2c1. The molecule has 0 saturated heterocycles. The fourth-order valence-electron chi connectivity index (χ4n) is 2.92. The van der Waals surface area contributed by atoms with Gasteiger partial charge in [-0.2, -0.15) is 0 Å². The van der Waals surface area contributed by atoms with E-state index in [-0.39, 0.29) is 0 Å². The van der Waals surface area contributed by atoms with Crippen molar-refractivity contribution in [3.63, 3.8) is 0 Å². The summed E-state index contributed by atoms with van der Waals surface area (Å²) in [6, 6.07) is 12.1. The summed E-state index contributed by atoms with van der Waals surface area (Å²) in [5.74, 6) is 1.52. The normalized spacial score (nSPS) is 12.4. The number of halogens is 1. The van der Waals surface area contributed by atoms with Gasteiger partial charge in [0.1, 0.15) is 12.4 Å². The standard InChI is InChI=1S/C24H25FN2O/c1-3-13-28-23-12-11-20-14-22(10-9-21(20)15-23)24-26-16-19(17-27-24)8-6-4-5-7-18(2)25/h3,6,8-12,14-18H,1,4-5,7,13H2,2H3/b8-6+. The molecule has 0 fully saturated rings. The zero-order valence-corrected chi connectivity index (χ0v) is 16.1. The molecule has 0 amide bonds. The van der Waals surface area contributed by atoms with Gasteiger partial charge in [-0.1, -0.05) is 43.0 Å². The summed E-state index contributed by atoms with van der Waals surface area (Å²) in [4.78, 5) is 8.97. The summed E-state index contributed by atoms with van der Waals surface area (Å²) >= 11 is 0. The minimum Gasteiger partial charge on any atom is -0.490 e. The third-order valence-corrected chi connectivity index (χ3v) is 4.39. The Hall–Kier alpha value is -3.01. The molecule has 1 aromatic heterocycles. The van der Waals surface area contributed by atoms with Crippen molar-refractivity contribution in [3.05, 3.63) is 73.1 Å². The van der Waals surface area contributed by atoms with E-state index in [4.69, 9.17) is 4.74 Å². The maximum Gasteiger partial charge on any atom is 0.159 e. The predicted molar refractivity (Wildman–Crippen MR) is 114 cm³/mol. The van der Waals surface area contributed by atoms with E-state index in [2.05, 4.69) is 28.7 Å². The zero-order valence-electron chi connectivity index (χ0n) is 16.1. The Morgan fingerprint density at radius 2 is 1.86 bits per heavy atom. The van der Waals surface area contributed by atoms with Crippen LogP contribution in [0.4, 0.5) is 4.39 Å². The fourth-order valence-corrected chi connectivity index (χ4v) is 2.92. The van der Waals surface area contributed by atoms with Gasteiger partial charge in [-0.15, -0.1) is 0 Å². The van der Waals surface area contributed by atoms with Gasteiger partial charge in [0.25, 0.3) is 0 Å². The molecule has 0 aliphatic carbocycles. The Kier molecular flexibility index (Phi) is 6.90. The van der Waals surface area contributed by atoms with Crippen molar-refractivity contribution in [1.29, 1.82) is 0 Å². The Bertz CT molecular complexity index is 948. The summed E-state index contributed by atoms with van der Waals surface area (Å²) in [6.45, 7) is 5.75. The van der Waals surface area contributed by atoms with Crippen LogP contribution in [0.5, 0.6) is 5.75 Å². The lowest BCUT2D eigenvalue weighted by Crippen LogP contribution is -1.92. The van der Waals surface area contributed by atoms with E-state index in [1.165, 1.54) is 0 Å². The number of hydrogen-bond donors (Lipinski definition) is 0. The van der Waals surface area contributed by atoms with E-state index in [1.54, 1.807) is 13.0 Å². The number of alkyl halides is 1. The number of fused-ring (bicyclic) bond motifs is 1. The van der Waals surface area contributed by atoms with Gasteiger partial charge in [0.15, 0.2) is 5.82 Å². The van der Waals surface area contributed by atoms with Crippen LogP contribution in [0.1, 0.15) is 31.7 Å². The molecule has 3 aromatic rings. The summed E-state index contributed by atoms with van der Waals surface area (Å²) in [6.07, 6.45) is 11.0. The van der Waals surface area contributed by atoms with Crippen LogP contribution in [0.2, 0.25) is 0 Å². The number of nitrogens with zero attached hydrogens (tertiary/aromatic N) is 2. The summed E-state index contributed by atoms with van der Waals surface area (Å²) < 4.78 is 18.4. The molecule has 0 spiro atoms. The van der Waals surface area contributed by atoms with Gasteiger partial charge in [0.2, 0.25) is 0 Å². The minimum absolute atomic E-state index is 0.493. The second kappa shape index (κ2) is 9.79. The monoisotopic (exact) mass is 376 g/mol. The number of hydrogen-bond acceptors (Lipinski definition) is 3. The lowest BCUT2D eigenvalue weighted by molar-refractivity contribution is 0.335. The largest absolute Gasteiger partial charge is 0.490 e. The minimum atomic E-state index is -0.732. The lowest BCUT2D eigenvalue weighted by atomic mass is 10.1. The van der Waals surface area contributed by atoms with Gasteiger partial charge in [0, 0.05) is 23.5 Å². The number of unbranched alkanes of at least 4 members (excludes halogenated alkanes) is 1. The summed E-state index contributed by atoms with van der Waals surface area (Å²) in [7, 11) is 0. The maximum atomic E-state index is 12.8. The molecule has 2 aromatic carbocycles. The Morgan fingerprint density at radius 1 is 1.11 bits per heavy atom. The van der Waals surface area contributed by atoms with Gasteiger partial charge in [-0.3, -0.25) is 0 Å². The molecular formula is C24H25FN2O. The number of allylic oxidation sites excluding steroid dienone is 1. The molecular weight excluding hydrogens is 351 g/mol. The van der Waals surface area contributed by atoms with Crippen LogP contribution < -0.4 is 4.74 Å². The number of ether oxygens (including phenoxy) is 1. The second-order valence-electron chi connectivity index (χ2n) is 6.78. The van der Waals surface area contributed by atoms with Gasteiger partial charge < -0.3 is 4.74 Å². The molecule has 0 bridgehead atoms. The van der Waals surface area contributed by atoms with Crippen LogP contribution in [0.25, 0.3) is 28.2 Å². The summed E-state index contributed by atoms with van der Waals surface area (Å²) in [5, 5.41) is 2.21. The van der Waals surface area contributed by atoms with Crippen molar-refractivity contribution in [2.24, 2.45) is 0 Å². The first-order chi connectivity index (χ1) is 13.7. The lowest BCUT2D eigenvalue weighted by Gasteiger charge is -2.06. The van der Waals surface area contributed by atoms with E-state index in [0.29, 0.717) is 18.9 Å². The van der Waals surface area contributed by atoms with Crippen molar-refractivity contribution in [2.45, 2.75) is 32.4 Å². The topological polar surface area (TPSA) is 35.0 Å². The highest BCUT2D eigenvalue weighted by atomic mass is 19.1. The van der Waals surface area contributed by atoms with Crippen LogP contribution >= 0.6 is 0 Å². The van der Waals surface area contributed by atoms with Gasteiger partial charge in [-0.05, 0) is 55.2 Å². The first-order valence-electron chi connectivity index (χ1n) is 9.56. The Morgan fingerprint density at radius 3 is 2.61 bits per heavy atom. The second-order valence-corrected chi connectivity index (χ2v) is 6.78. The average Bonchev–Trinajstić information content (AvgIpc) is 2.71. The molecule has 3 rings (SSSR count). The van der Waals surface area contributed by atoms with E-state index >= 15 is 0 Å². The summed E-state index contributed by atoms with van der Waals surface area (Å²) in [5.41, 5.74) is 1.92. The van der Waals surface area contributed by atoms with E-state index in [9.17, 15) is 4.39 Å². The van der Waals surface area contributed by atoms with Crippen molar-refractivity contribution >= 4 is 16.8 Å². The van der Waals surface area contributed by atoms with Gasteiger partial charge in [-0.25, -0.2) is 14.4 Å². The molecule has 0 aliphatic rings. The van der Waals surface area contributed by atoms with Gasteiger partial charge in [0.05, 0.1) is 6.17 Å². The van der Waals surface area contributed by atoms with E-state index in [0.717, 1.165) is 40.5 Å². The van der Waals surface area contributed by atoms with Crippen LogP contribution in [-0.2, 0) is 0 Å². The molecule has 0 radical (unpaired) electrons. The van der Waals surface area contributed by atoms with Crippen molar-refractivity contribution < 1.29 is 9.13 Å². The molecule has 3 nitrogen and oxygen atoms in total. The highest BCUT2D eigenvalue weighted by Crippen LogP contribution is 2.25. The van der Waals surface area contributed by atoms with E-state index < -0.39 is 6.17 Å².